The highest BCUT2D eigenvalue weighted by Crippen LogP contribution is 2.50. The van der Waals surface area contributed by atoms with Gasteiger partial charge < -0.3 is 9.84 Å². The molecule has 0 aliphatic heterocycles. The molecular formula is C20H28O3. The molecular weight excluding hydrogens is 288 g/mol. The van der Waals surface area contributed by atoms with Crippen LogP contribution in [0.3, 0.4) is 0 Å². The fourth-order valence-corrected chi connectivity index (χ4v) is 4.13. The van der Waals surface area contributed by atoms with Crippen LogP contribution in [-0.2, 0) is 14.9 Å². The predicted octanol–water partition coefficient (Wildman–Crippen LogP) is 3.76. The Hall–Kier alpha value is -1.61. The number of rotatable bonds is 5. The summed E-state index contributed by atoms with van der Waals surface area (Å²) in [6.45, 7) is 13.9. The minimum Gasteiger partial charge on any atom is -0.460 e. The molecule has 1 aliphatic rings. The number of ether oxygens (including phenoxy) is 1. The average Bonchev–Trinajstić information content (AvgIpc) is 2.39. The largest absolute Gasteiger partial charge is 0.460 e. The monoisotopic (exact) mass is 316 g/mol. The number of aryl methyl sites for hydroxylation is 3. The van der Waals surface area contributed by atoms with Gasteiger partial charge in [0.05, 0.1) is 6.10 Å². The molecule has 0 heterocycles. The van der Waals surface area contributed by atoms with Crippen LogP contribution in [0.15, 0.2) is 24.3 Å². The topological polar surface area (TPSA) is 46.5 Å². The molecule has 3 heteroatoms. The third-order valence-electron chi connectivity index (χ3n) is 4.98. The Bertz CT molecular complexity index is 601. The molecule has 0 radical (unpaired) electrons. The summed E-state index contributed by atoms with van der Waals surface area (Å²) in [5, 5.41) is 10.3. The Morgan fingerprint density at radius 3 is 2.35 bits per heavy atom. The molecule has 1 atom stereocenters. The molecule has 0 spiro atoms. The molecule has 1 unspecified atom stereocenters. The molecule has 2 rings (SSSR count). The van der Waals surface area contributed by atoms with E-state index in [1.807, 2.05) is 0 Å². The van der Waals surface area contributed by atoms with Crippen molar-refractivity contribution >= 4 is 5.97 Å². The summed E-state index contributed by atoms with van der Waals surface area (Å²) in [7, 11) is 0. The van der Waals surface area contributed by atoms with Gasteiger partial charge in [-0.25, -0.2) is 4.79 Å². The molecule has 0 bridgehead atoms. The van der Waals surface area contributed by atoms with Crippen molar-refractivity contribution in [1.82, 2.24) is 0 Å². The van der Waals surface area contributed by atoms with Gasteiger partial charge in [-0.05, 0) is 68.6 Å². The Labute approximate surface area is 139 Å². The van der Waals surface area contributed by atoms with Gasteiger partial charge in [0.1, 0.15) is 6.61 Å². The van der Waals surface area contributed by atoms with Crippen LogP contribution >= 0.6 is 0 Å². The zero-order valence-electron chi connectivity index (χ0n) is 14.9. The second-order valence-electron chi connectivity index (χ2n) is 7.45. The van der Waals surface area contributed by atoms with E-state index < -0.39 is 12.1 Å². The first-order valence-electron chi connectivity index (χ1n) is 8.23. The van der Waals surface area contributed by atoms with E-state index in [1.54, 1.807) is 6.92 Å². The van der Waals surface area contributed by atoms with Crippen molar-refractivity contribution in [2.75, 3.05) is 6.61 Å². The lowest BCUT2D eigenvalue weighted by Gasteiger charge is -2.49. The van der Waals surface area contributed by atoms with Crippen LogP contribution in [0.5, 0.6) is 0 Å². The first-order chi connectivity index (χ1) is 10.6. The highest BCUT2D eigenvalue weighted by atomic mass is 16.5. The first-order valence-corrected chi connectivity index (χ1v) is 8.23. The molecule has 0 saturated heterocycles. The van der Waals surface area contributed by atoms with E-state index in [0.29, 0.717) is 5.57 Å². The molecule has 126 valence electrons. The van der Waals surface area contributed by atoms with Crippen LogP contribution in [-0.4, -0.2) is 23.8 Å². The standard InChI is InChI=1S/C20H28O3/c1-12(2)19(22)23-11-17(21)16-9-20(6,10-16)18-14(4)7-13(3)8-15(18)5/h7-8,16-17,21H,1,9-11H2,2-6H3. The van der Waals surface area contributed by atoms with Crippen molar-refractivity contribution in [1.29, 1.82) is 0 Å². The number of aliphatic hydroxyl groups excluding tert-OH is 1. The van der Waals surface area contributed by atoms with E-state index in [-0.39, 0.29) is 17.9 Å². The smallest absolute Gasteiger partial charge is 0.333 e. The summed E-state index contributed by atoms with van der Waals surface area (Å²) >= 11 is 0. The zero-order chi connectivity index (χ0) is 17.4. The van der Waals surface area contributed by atoms with Crippen molar-refractivity contribution in [3.05, 3.63) is 46.5 Å². The molecule has 1 aromatic carbocycles. The second kappa shape index (κ2) is 6.48. The summed E-state index contributed by atoms with van der Waals surface area (Å²) in [4.78, 5) is 11.4. The van der Waals surface area contributed by atoms with E-state index in [0.717, 1.165) is 12.8 Å². The number of esters is 1. The van der Waals surface area contributed by atoms with Gasteiger partial charge in [0.2, 0.25) is 0 Å². The molecule has 0 amide bonds. The van der Waals surface area contributed by atoms with Crippen molar-refractivity contribution in [2.45, 2.75) is 59.0 Å². The summed E-state index contributed by atoms with van der Waals surface area (Å²) in [6, 6.07) is 4.46. The number of aliphatic hydroxyl groups is 1. The van der Waals surface area contributed by atoms with Gasteiger partial charge in [-0.15, -0.1) is 0 Å². The minimum absolute atomic E-state index is 0.0539. The molecule has 3 nitrogen and oxygen atoms in total. The van der Waals surface area contributed by atoms with Gasteiger partial charge in [0, 0.05) is 5.57 Å². The quantitative estimate of drug-likeness (QED) is 0.664. The lowest BCUT2D eigenvalue weighted by Crippen LogP contribution is -2.46. The Balaban J connectivity index is 2.00. The van der Waals surface area contributed by atoms with Crippen LogP contribution in [0.25, 0.3) is 0 Å². The first kappa shape index (κ1) is 17.7. The number of carbonyl (C=O) groups is 1. The van der Waals surface area contributed by atoms with Crippen molar-refractivity contribution in [2.24, 2.45) is 5.92 Å². The van der Waals surface area contributed by atoms with Gasteiger partial charge in [0.25, 0.3) is 0 Å². The molecule has 0 aromatic heterocycles. The second-order valence-corrected chi connectivity index (χ2v) is 7.45. The molecule has 1 aliphatic carbocycles. The molecule has 1 fully saturated rings. The van der Waals surface area contributed by atoms with E-state index in [1.165, 1.54) is 22.3 Å². The Morgan fingerprint density at radius 2 is 1.87 bits per heavy atom. The Morgan fingerprint density at radius 1 is 1.35 bits per heavy atom. The molecule has 1 saturated carbocycles. The summed E-state index contributed by atoms with van der Waals surface area (Å²) in [5.41, 5.74) is 5.81. The highest BCUT2D eigenvalue weighted by molar-refractivity contribution is 5.86. The van der Waals surface area contributed by atoms with Gasteiger partial charge in [-0.2, -0.15) is 0 Å². The van der Waals surface area contributed by atoms with E-state index >= 15 is 0 Å². The lowest BCUT2D eigenvalue weighted by molar-refractivity contribution is -0.144. The maximum atomic E-state index is 11.4. The maximum absolute atomic E-state index is 11.4. The highest BCUT2D eigenvalue weighted by Gasteiger charge is 2.46. The van der Waals surface area contributed by atoms with Crippen molar-refractivity contribution < 1.29 is 14.6 Å². The fourth-order valence-electron chi connectivity index (χ4n) is 4.13. The van der Waals surface area contributed by atoms with E-state index in [9.17, 15) is 9.90 Å². The summed E-state index contributed by atoms with van der Waals surface area (Å²) < 4.78 is 5.07. The van der Waals surface area contributed by atoms with Gasteiger partial charge in [-0.3, -0.25) is 0 Å². The Kier molecular flexibility index (Phi) is 5.00. The SMILES string of the molecule is C=C(C)C(=O)OCC(O)C1CC(C)(c2c(C)cc(C)cc2C)C1. The van der Waals surface area contributed by atoms with Crippen LogP contribution in [0.2, 0.25) is 0 Å². The number of benzene rings is 1. The maximum Gasteiger partial charge on any atom is 0.333 e. The van der Waals surface area contributed by atoms with Gasteiger partial charge in [0.15, 0.2) is 0 Å². The van der Waals surface area contributed by atoms with Crippen molar-refractivity contribution in [3.8, 4) is 0 Å². The van der Waals surface area contributed by atoms with Gasteiger partial charge in [-0.1, -0.05) is 31.2 Å². The van der Waals surface area contributed by atoms with E-state index in [4.69, 9.17) is 4.74 Å². The summed E-state index contributed by atoms with van der Waals surface area (Å²) in [5.74, 6) is -0.255. The van der Waals surface area contributed by atoms with E-state index in [2.05, 4.69) is 46.4 Å². The van der Waals surface area contributed by atoms with Crippen LogP contribution in [0, 0.1) is 26.7 Å². The third-order valence-corrected chi connectivity index (χ3v) is 4.98. The van der Waals surface area contributed by atoms with Crippen LogP contribution in [0.4, 0.5) is 0 Å². The number of hydrogen-bond acceptors (Lipinski definition) is 3. The zero-order valence-corrected chi connectivity index (χ0v) is 14.9. The minimum atomic E-state index is -0.600. The normalized spacial score (nSPS) is 24.7. The molecule has 23 heavy (non-hydrogen) atoms. The average molecular weight is 316 g/mol. The summed E-state index contributed by atoms with van der Waals surface area (Å²) in [6.07, 6.45) is 1.24. The van der Waals surface area contributed by atoms with Crippen LogP contribution in [0.1, 0.15) is 48.9 Å². The number of carbonyl (C=O) groups excluding carboxylic acids is 1. The predicted molar refractivity (Wildman–Crippen MR) is 92.5 cm³/mol. The van der Waals surface area contributed by atoms with Gasteiger partial charge >= 0.3 is 5.97 Å². The third kappa shape index (κ3) is 3.66. The van der Waals surface area contributed by atoms with Crippen molar-refractivity contribution in [3.63, 3.8) is 0 Å². The fraction of sp³-hybridized carbons (Fsp3) is 0.550. The lowest BCUT2D eigenvalue weighted by atomic mass is 9.57. The molecule has 1 N–H and O–H groups in total. The number of hydrogen-bond donors (Lipinski definition) is 1. The van der Waals surface area contributed by atoms with Crippen LogP contribution < -0.4 is 0 Å². The molecule has 1 aromatic rings.